The molecule has 0 spiro atoms. The Morgan fingerprint density at radius 2 is 2.03 bits per heavy atom. The third-order valence-corrected chi connectivity index (χ3v) is 6.11. The van der Waals surface area contributed by atoms with Gasteiger partial charge in [0.05, 0.1) is 30.4 Å². The van der Waals surface area contributed by atoms with E-state index in [2.05, 4.69) is 9.88 Å². The number of anilines is 1. The molecule has 2 aliphatic heterocycles. The Hall–Kier alpha value is -4.04. The molecule has 2 aliphatic rings. The molecule has 5 rings (SSSR count). The lowest BCUT2D eigenvalue weighted by molar-refractivity contribution is -0.137. The number of rotatable bonds is 5. The largest absolute Gasteiger partial charge is 0.473 e. The van der Waals surface area contributed by atoms with Crippen molar-refractivity contribution in [3.63, 3.8) is 0 Å². The first-order valence-corrected chi connectivity index (χ1v) is 11.3. The summed E-state index contributed by atoms with van der Waals surface area (Å²) in [6, 6.07) is 13.0. The van der Waals surface area contributed by atoms with E-state index in [9.17, 15) is 23.2 Å². The molecule has 0 amide bonds. The highest BCUT2D eigenvalue weighted by Gasteiger charge is 2.31. The molecule has 3 aromatic rings. The number of alkyl halides is 3. The van der Waals surface area contributed by atoms with Gasteiger partial charge in [0.2, 0.25) is 5.88 Å². The highest BCUT2D eigenvalue weighted by atomic mass is 19.4. The van der Waals surface area contributed by atoms with Gasteiger partial charge in [-0.15, -0.1) is 0 Å². The van der Waals surface area contributed by atoms with Crippen molar-refractivity contribution < 1.29 is 27.4 Å². The monoisotopic (exact) mass is 498 g/mol. The first-order chi connectivity index (χ1) is 17.3. The summed E-state index contributed by atoms with van der Waals surface area (Å²) in [4.78, 5) is 18.7. The molecule has 1 fully saturated rings. The summed E-state index contributed by atoms with van der Waals surface area (Å²) in [5.74, 6) is 0.989. The second-order valence-electron chi connectivity index (χ2n) is 8.46. The molecule has 2 aromatic carbocycles. The van der Waals surface area contributed by atoms with E-state index in [-0.39, 0.29) is 35.6 Å². The Morgan fingerprint density at radius 1 is 1.17 bits per heavy atom. The van der Waals surface area contributed by atoms with E-state index in [0.717, 1.165) is 24.4 Å². The molecule has 11 heteroatoms. The lowest BCUT2D eigenvalue weighted by Crippen LogP contribution is -2.51. The molecule has 36 heavy (non-hydrogen) atoms. The Balaban J connectivity index is 1.32. The maximum absolute atomic E-state index is 13.0. The van der Waals surface area contributed by atoms with Gasteiger partial charge >= 0.3 is 11.9 Å². The average Bonchev–Trinajstić information content (AvgIpc) is 2.87. The summed E-state index contributed by atoms with van der Waals surface area (Å²) in [6.07, 6.45) is -3.70. The van der Waals surface area contributed by atoms with E-state index in [1.54, 1.807) is 16.7 Å². The third kappa shape index (κ3) is 4.85. The lowest BCUT2D eigenvalue weighted by atomic mass is 10.1. The van der Waals surface area contributed by atoms with Crippen LogP contribution < -0.4 is 20.1 Å². The number of nitrogens with zero attached hydrogens (tertiary/aromatic N) is 4. The molecule has 0 N–H and O–H groups in total. The molecule has 3 heterocycles. The van der Waals surface area contributed by atoms with Crippen molar-refractivity contribution in [2.24, 2.45) is 0 Å². The van der Waals surface area contributed by atoms with Crippen LogP contribution in [0.3, 0.4) is 0 Å². The summed E-state index contributed by atoms with van der Waals surface area (Å²) in [6.45, 7) is 2.45. The predicted octanol–water partition coefficient (Wildman–Crippen LogP) is 4.11. The van der Waals surface area contributed by atoms with Crippen LogP contribution >= 0.6 is 0 Å². The Bertz CT molecular complexity index is 1380. The average molecular weight is 498 g/mol. The van der Waals surface area contributed by atoms with Gasteiger partial charge in [-0.25, -0.2) is 4.79 Å². The Morgan fingerprint density at radius 3 is 2.83 bits per heavy atom. The summed E-state index contributed by atoms with van der Waals surface area (Å²) in [5, 5.41) is 9.55. The maximum Gasteiger partial charge on any atom is 0.416 e. The smallest absolute Gasteiger partial charge is 0.416 e. The van der Waals surface area contributed by atoms with Crippen LogP contribution in [-0.4, -0.2) is 35.4 Å². The topological polar surface area (TPSA) is 89.6 Å². The van der Waals surface area contributed by atoms with Crippen LogP contribution in [-0.2, 0) is 24.1 Å². The number of fused-ring (bicyclic) bond motifs is 3. The number of benzene rings is 2. The van der Waals surface area contributed by atoms with Gasteiger partial charge in [-0.2, -0.15) is 23.4 Å². The highest BCUT2D eigenvalue weighted by molar-refractivity contribution is 5.48. The normalized spacial score (nSPS) is 17.1. The molecule has 0 saturated carbocycles. The molecule has 0 aliphatic carbocycles. The van der Waals surface area contributed by atoms with Crippen LogP contribution in [0.4, 0.5) is 19.0 Å². The van der Waals surface area contributed by atoms with E-state index in [1.807, 2.05) is 6.07 Å². The van der Waals surface area contributed by atoms with Gasteiger partial charge in [0.1, 0.15) is 30.0 Å². The molecule has 1 unspecified atom stereocenters. The van der Waals surface area contributed by atoms with Gasteiger partial charge in [0.25, 0.3) is 0 Å². The molecular weight excluding hydrogens is 477 g/mol. The van der Waals surface area contributed by atoms with Gasteiger partial charge in [-0.1, -0.05) is 12.1 Å². The highest BCUT2D eigenvalue weighted by Crippen LogP contribution is 2.34. The Kier molecular flexibility index (Phi) is 6.28. The third-order valence-electron chi connectivity index (χ3n) is 6.11. The van der Waals surface area contributed by atoms with Crippen molar-refractivity contribution >= 4 is 5.82 Å². The lowest BCUT2D eigenvalue weighted by Gasteiger charge is -2.41. The number of hydrogen-bond donors (Lipinski definition) is 0. The van der Waals surface area contributed by atoms with Crippen molar-refractivity contribution in [1.82, 2.24) is 9.55 Å². The standard InChI is InChI=1S/C25H21F3N4O4/c26-25(27,28)18-2-1-3-20(11-18)36-21-5-4-16(10-17(21)13-29)14-35-22-12-23-31-8-9-34-15-19(31)6-7-32(23)24(33)30-22/h1-5,10-12,19H,6-9,14-15H2. The molecule has 1 aromatic heterocycles. The zero-order valence-corrected chi connectivity index (χ0v) is 19.0. The molecular formula is C25H21F3N4O4. The number of aromatic nitrogens is 2. The van der Waals surface area contributed by atoms with Gasteiger partial charge in [0, 0.05) is 19.2 Å². The molecule has 0 radical (unpaired) electrons. The summed E-state index contributed by atoms with van der Waals surface area (Å²) < 4.78 is 57.4. The van der Waals surface area contributed by atoms with Gasteiger partial charge < -0.3 is 19.1 Å². The van der Waals surface area contributed by atoms with Crippen LogP contribution in [0.25, 0.3) is 0 Å². The van der Waals surface area contributed by atoms with E-state index in [0.29, 0.717) is 31.9 Å². The minimum Gasteiger partial charge on any atom is -0.473 e. The number of hydrogen-bond acceptors (Lipinski definition) is 7. The van der Waals surface area contributed by atoms with Crippen molar-refractivity contribution in [1.29, 1.82) is 5.26 Å². The van der Waals surface area contributed by atoms with Gasteiger partial charge in [0.15, 0.2) is 0 Å². The quantitative estimate of drug-likeness (QED) is 0.523. The summed E-state index contributed by atoms with van der Waals surface area (Å²) in [7, 11) is 0. The molecule has 1 saturated heterocycles. The van der Waals surface area contributed by atoms with E-state index < -0.39 is 17.4 Å². The van der Waals surface area contributed by atoms with E-state index in [4.69, 9.17) is 14.2 Å². The summed E-state index contributed by atoms with van der Waals surface area (Å²) in [5.41, 5.74) is -0.509. The minimum atomic E-state index is -4.51. The van der Waals surface area contributed by atoms with Gasteiger partial charge in [-0.3, -0.25) is 4.57 Å². The molecule has 0 bridgehead atoms. The first kappa shape index (κ1) is 23.7. The fourth-order valence-electron chi connectivity index (χ4n) is 4.33. The van der Waals surface area contributed by atoms with Crippen LogP contribution in [0.5, 0.6) is 17.4 Å². The second-order valence-corrected chi connectivity index (χ2v) is 8.46. The van der Waals surface area contributed by atoms with Crippen molar-refractivity contribution in [3.05, 3.63) is 75.7 Å². The number of morpholine rings is 1. The zero-order chi connectivity index (χ0) is 25.3. The van der Waals surface area contributed by atoms with Crippen molar-refractivity contribution in [2.45, 2.75) is 31.8 Å². The molecule has 186 valence electrons. The molecule has 1 atom stereocenters. The predicted molar refractivity (Wildman–Crippen MR) is 122 cm³/mol. The number of nitriles is 1. The number of ether oxygens (including phenoxy) is 3. The second kappa shape index (κ2) is 9.54. The van der Waals surface area contributed by atoms with Crippen LogP contribution in [0.1, 0.15) is 23.1 Å². The van der Waals surface area contributed by atoms with E-state index in [1.165, 1.54) is 24.3 Å². The maximum atomic E-state index is 13.0. The van der Waals surface area contributed by atoms with Gasteiger partial charge in [-0.05, 0) is 42.3 Å². The van der Waals surface area contributed by atoms with Crippen molar-refractivity contribution in [3.8, 4) is 23.4 Å². The minimum absolute atomic E-state index is 0.0287. The van der Waals surface area contributed by atoms with Crippen LogP contribution in [0, 0.1) is 11.3 Å². The summed E-state index contributed by atoms with van der Waals surface area (Å²) >= 11 is 0. The van der Waals surface area contributed by atoms with Crippen LogP contribution in [0.15, 0.2) is 53.3 Å². The number of halogens is 3. The first-order valence-electron chi connectivity index (χ1n) is 11.3. The van der Waals surface area contributed by atoms with Crippen LogP contribution in [0.2, 0.25) is 0 Å². The Labute approximate surface area is 204 Å². The van der Waals surface area contributed by atoms with Crippen molar-refractivity contribution in [2.75, 3.05) is 24.7 Å². The fourth-order valence-corrected chi connectivity index (χ4v) is 4.33. The fraction of sp³-hybridized carbons (Fsp3) is 0.320. The van der Waals surface area contributed by atoms with E-state index >= 15 is 0 Å². The molecule has 8 nitrogen and oxygen atoms in total. The zero-order valence-electron chi connectivity index (χ0n) is 19.0. The SMILES string of the molecule is N#Cc1cc(COc2cc3n(c(=O)n2)CCC2COCCN32)ccc1Oc1cccc(C(F)(F)F)c1.